The van der Waals surface area contributed by atoms with Gasteiger partial charge in [0.15, 0.2) is 0 Å². The third-order valence-corrected chi connectivity index (χ3v) is 2.23. The van der Waals surface area contributed by atoms with E-state index in [1.54, 1.807) is 0 Å². The molecule has 1 fully saturated rings. The summed E-state index contributed by atoms with van der Waals surface area (Å²) in [6, 6.07) is 0.188. The van der Waals surface area contributed by atoms with E-state index < -0.39 is 10.0 Å². The number of sulfonamides is 1. The Hall–Kier alpha value is -0.350. The molecular formula is C5H9NO2S. The van der Waals surface area contributed by atoms with Crippen LogP contribution in [0.4, 0.5) is 0 Å². The van der Waals surface area contributed by atoms with Gasteiger partial charge in [-0.1, -0.05) is 6.58 Å². The Morgan fingerprint density at radius 2 is 2.11 bits per heavy atom. The van der Waals surface area contributed by atoms with E-state index in [1.807, 2.05) is 0 Å². The summed E-state index contributed by atoms with van der Waals surface area (Å²) in [5.74, 6) is 0. The molecule has 3 nitrogen and oxygen atoms in total. The molecule has 1 rings (SSSR count). The van der Waals surface area contributed by atoms with Gasteiger partial charge in [0.05, 0.1) is 0 Å². The molecule has 1 N–H and O–H groups in total. The topological polar surface area (TPSA) is 46.2 Å². The average molecular weight is 147 g/mol. The molecule has 1 aliphatic carbocycles. The van der Waals surface area contributed by atoms with E-state index in [1.165, 1.54) is 0 Å². The largest absolute Gasteiger partial charge is 0.233 e. The van der Waals surface area contributed by atoms with E-state index in [9.17, 15) is 8.42 Å². The summed E-state index contributed by atoms with van der Waals surface area (Å²) in [5.41, 5.74) is 0. The Labute approximate surface area is 54.8 Å². The minimum Gasteiger partial charge on any atom is -0.209 e. The lowest BCUT2D eigenvalue weighted by atomic mass is 10.8. The molecule has 0 unspecified atom stereocenters. The van der Waals surface area contributed by atoms with Crippen molar-refractivity contribution in [2.75, 3.05) is 0 Å². The molecular weight excluding hydrogens is 138 g/mol. The first-order valence-electron chi connectivity index (χ1n) is 2.79. The molecule has 0 radical (unpaired) electrons. The Kier molecular flexibility index (Phi) is 1.59. The minimum atomic E-state index is -3.14. The van der Waals surface area contributed by atoms with Crippen molar-refractivity contribution in [3.8, 4) is 0 Å². The fourth-order valence-electron chi connectivity index (χ4n) is 0.482. The standard InChI is InChI=1S/C5H9NO2S/c1-2-9(7,8)6-5-3-4-5/h2,5-6H,1,3-4H2. The summed E-state index contributed by atoms with van der Waals surface area (Å²) in [5, 5.41) is 0.936. The zero-order valence-corrected chi connectivity index (χ0v) is 5.82. The lowest BCUT2D eigenvalue weighted by Crippen LogP contribution is -2.22. The van der Waals surface area contributed by atoms with E-state index in [-0.39, 0.29) is 6.04 Å². The second-order valence-electron chi connectivity index (χ2n) is 2.10. The Bertz CT molecular complexity index is 203. The van der Waals surface area contributed by atoms with Gasteiger partial charge in [0.25, 0.3) is 0 Å². The van der Waals surface area contributed by atoms with Crippen LogP contribution in [0, 0.1) is 0 Å². The average Bonchev–Trinajstić information content (AvgIpc) is 2.50. The molecule has 1 saturated carbocycles. The highest BCUT2D eigenvalue weighted by molar-refractivity contribution is 7.92. The summed E-state index contributed by atoms with van der Waals surface area (Å²) >= 11 is 0. The molecule has 0 aromatic rings. The van der Waals surface area contributed by atoms with E-state index in [0.29, 0.717) is 0 Å². The lowest BCUT2D eigenvalue weighted by Gasteiger charge is -1.95. The molecule has 0 aromatic heterocycles. The van der Waals surface area contributed by atoms with Crippen LogP contribution >= 0.6 is 0 Å². The summed E-state index contributed by atoms with van der Waals surface area (Å²) in [6.45, 7) is 3.16. The molecule has 0 aliphatic heterocycles. The van der Waals surface area contributed by atoms with Gasteiger partial charge >= 0.3 is 0 Å². The first kappa shape index (κ1) is 6.77. The van der Waals surface area contributed by atoms with Gasteiger partial charge in [0.1, 0.15) is 0 Å². The molecule has 52 valence electrons. The summed E-state index contributed by atoms with van der Waals surface area (Å²) in [7, 11) is -3.14. The molecule has 0 amide bonds. The fourth-order valence-corrected chi connectivity index (χ4v) is 1.28. The van der Waals surface area contributed by atoms with Crippen molar-refractivity contribution in [3.05, 3.63) is 12.0 Å². The predicted octanol–water partition coefficient (Wildman–Crippen LogP) is 0.212. The van der Waals surface area contributed by atoms with Crippen molar-refractivity contribution in [1.29, 1.82) is 0 Å². The van der Waals surface area contributed by atoms with Gasteiger partial charge in [-0.3, -0.25) is 0 Å². The molecule has 0 bridgehead atoms. The van der Waals surface area contributed by atoms with Crippen LogP contribution in [0.2, 0.25) is 0 Å². The molecule has 0 saturated heterocycles. The van der Waals surface area contributed by atoms with Crippen molar-refractivity contribution in [2.45, 2.75) is 18.9 Å². The van der Waals surface area contributed by atoms with Crippen LogP contribution in [-0.2, 0) is 10.0 Å². The third kappa shape index (κ3) is 2.15. The van der Waals surface area contributed by atoms with Crippen LogP contribution in [0.15, 0.2) is 12.0 Å². The maximum absolute atomic E-state index is 10.6. The monoisotopic (exact) mass is 147 g/mol. The van der Waals surface area contributed by atoms with Crippen LogP contribution in [-0.4, -0.2) is 14.5 Å². The molecule has 0 heterocycles. The summed E-state index contributed by atoms with van der Waals surface area (Å²) in [6.07, 6.45) is 1.93. The highest BCUT2D eigenvalue weighted by Gasteiger charge is 2.24. The third-order valence-electron chi connectivity index (χ3n) is 1.13. The molecule has 0 aromatic carbocycles. The first-order chi connectivity index (χ1) is 4.14. The number of hydrogen-bond acceptors (Lipinski definition) is 2. The van der Waals surface area contributed by atoms with Gasteiger partial charge in [-0.05, 0) is 12.8 Å². The molecule has 0 spiro atoms. The van der Waals surface area contributed by atoms with Crippen molar-refractivity contribution in [2.24, 2.45) is 0 Å². The van der Waals surface area contributed by atoms with Crippen LogP contribution in [0.5, 0.6) is 0 Å². The van der Waals surface area contributed by atoms with E-state index in [4.69, 9.17) is 0 Å². The van der Waals surface area contributed by atoms with Gasteiger partial charge in [-0.25, -0.2) is 13.1 Å². The van der Waals surface area contributed by atoms with Crippen LogP contribution in [0.3, 0.4) is 0 Å². The van der Waals surface area contributed by atoms with Crippen molar-refractivity contribution < 1.29 is 8.42 Å². The molecule has 1 aliphatic rings. The Balaban J connectivity index is 2.49. The van der Waals surface area contributed by atoms with E-state index in [0.717, 1.165) is 18.2 Å². The molecule has 9 heavy (non-hydrogen) atoms. The van der Waals surface area contributed by atoms with Crippen LogP contribution < -0.4 is 4.72 Å². The first-order valence-corrected chi connectivity index (χ1v) is 4.33. The SMILES string of the molecule is C=CS(=O)(=O)NC1CC1. The highest BCUT2D eigenvalue weighted by Crippen LogP contribution is 2.19. The Morgan fingerprint density at radius 3 is 2.44 bits per heavy atom. The second kappa shape index (κ2) is 2.11. The minimum absolute atomic E-state index is 0.188. The second-order valence-corrected chi connectivity index (χ2v) is 3.76. The number of hydrogen-bond donors (Lipinski definition) is 1. The lowest BCUT2D eigenvalue weighted by molar-refractivity contribution is 0.590. The number of nitrogens with one attached hydrogen (secondary N) is 1. The maximum atomic E-state index is 10.6. The predicted molar refractivity (Wildman–Crippen MR) is 35.3 cm³/mol. The summed E-state index contributed by atoms with van der Waals surface area (Å²) in [4.78, 5) is 0. The van der Waals surface area contributed by atoms with E-state index in [2.05, 4.69) is 11.3 Å². The normalized spacial score (nSPS) is 19.6. The van der Waals surface area contributed by atoms with Gasteiger partial charge in [0.2, 0.25) is 10.0 Å². The zero-order valence-electron chi connectivity index (χ0n) is 5.00. The van der Waals surface area contributed by atoms with E-state index >= 15 is 0 Å². The number of rotatable bonds is 3. The smallest absolute Gasteiger partial charge is 0.209 e. The van der Waals surface area contributed by atoms with Gasteiger partial charge in [0, 0.05) is 11.4 Å². The van der Waals surface area contributed by atoms with Crippen molar-refractivity contribution in [3.63, 3.8) is 0 Å². The van der Waals surface area contributed by atoms with Gasteiger partial charge in [-0.2, -0.15) is 0 Å². The van der Waals surface area contributed by atoms with Crippen LogP contribution in [0.1, 0.15) is 12.8 Å². The maximum Gasteiger partial charge on any atom is 0.233 e. The van der Waals surface area contributed by atoms with Gasteiger partial charge in [-0.15, -0.1) is 0 Å². The zero-order chi connectivity index (χ0) is 6.91. The molecule has 0 atom stereocenters. The summed E-state index contributed by atoms with van der Waals surface area (Å²) < 4.78 is 23.7. The van der Waals surface area contributed by atoms with Crippen molar-refractivity contribution >= 4 is 10.0 Å². The fraction of sp³-hybridized carbons (Fsp3) is 0.600. The van der Waals surface area contributed by atoms with Crippen LogP contribution in [0.25, 0.3) is 0 Å². The highest BCUT2D eigenvalue weighted by atomic mass is 32.2. The van der Waals surface area contributed by atoms with Gasteiger partial charge < -0.3 is 0 Å². The Morgan fingerprint density at radius 1 is 1.56 bits per heavy atom. The molecule has 4 heteroatoms. The van der Waals surface area contributed by atoms with Crippen molar-refractivity contribution in [1.82, 2.24) is 4.72 Å². The quantitative estimate of drug-likeness (QED) is 0.620.